The number of carboxylic acids is 1. The van der Waals surface area contributed by atoms with E-state index in [4.69, 9.17) is 4.74 Å². The fourth-order valence-corrected chi connectivity index (χ4v) is 10.2. The van der Waals surface area contributed by atoms with Crippen molar-refractivity contribution in [2.75, 3.05) is 20.6 Å². The van der Waals surface area contributed by atoms with E-state index in [2.05, 4.69) is 20.6 Å². The molecule has 328 valence electrons. The lowest BCUT2D eigenvalue weighted by molar-refractivity contribution is -0.149. The molecule has 1 aliphatic heterocycles. The third-order valence-electron chi connectivity index (χ3n) is 11.2. The molecule has 0 bridgehead atoms. The molecule has 1 aliphatic rings. The molecule has 3 heterocycles. The first-order chi connectivity index (χ1) is 28.6. The van der Waals surface area contributed by atoms with Gasteiger partial charge in [-0.15, -0.1) is 11.3 Å². The predicted molar refractivity (Wildman–Crippen MR) is 238 cm³/mol. The SMILES string of the molecule is CC[C@H](C)[C@H](NC(=O)[C@H]1CCCCN1C)C(=O)N(C)[C@H](C[C@@H](OC(C)=O)c1nc(C(=O)N[C@@H](Cc2ccc(CSSc3ccccn3)cc2)C[C@H](C)C(=O)O)cs1)C(C)C. The van der Waals surface area contributed by atoms with Gasteiger partial charge in [-0.25, -0.2) is 9.97 Å². The second kappa shape index (κ2) is 23.9. The molecule has 3 N–H and O–H groups in total. The summed E-state index contributed by atoms with van der Waals surface area (Å²) in [6.07, 6.45) is 5.19. The normalized spacial score (nSPS) is 17.4. The quantitative estimate of drug-likeness (QED) is 0.0675. The zero-order valence-corrected chi connectivity index (χ0v) is 38.5. The van der Waals surface area contributed by atoms with Crippen LogP contribution in [0.3, 0.4) is 0 Å². The summed E-state index contributed by atoms with van der Waals surface area (Å²) in [5.74, 6) is -2.42. The fourth-order valence-electron chi connectivity index (χ4n) is 7.35. The Morgan fingerprint density at radius 3 is 2.35 bits per heavy atom. The van der Waals surface area contributed by atoms with Gasteiger partial charge in [0.1, 0.15) is 21.8 Å². The number of nitrogens with one attached hydrogen (secondary N) is 2. The number of likely N-dealkylation sites (tertiary alicyclic amines) is 1. The van der Waals surface area contributed by atoms with Crippen LogP contribution in [0, 0.1) is 17.8 Å². The molecule has 3 amide bonds. The summed E-state index contributed by atoms with van der Waals surface area (Å²) in [6.45, 7) is 11.7. The average molecular weight is 883 g/mol. The Morgan fingerprint density at radius 2 is 1.73 bits per heavy atom. The van der Waals surface area contributed by atoms with E-state index in [0.29, 0.717) is 17.8 Å². The summed E-state index contributed by atoms with van der Waals surface area (Å²) in [5, 5.41) is 18.8. The van der Waals surface area contributed by atoms with Gasteiger partial charge in [-0.05, 0) is 85.2 Å². The van der Waals surface area contributed by atoms with Gasteiger partial charge in [0.25, 0.3) is 5.91 Å². The van der Waals surface area contributed by atoms with Crippen molar-refractivity contribution >= 4 is 62.6 Å². The van der Waals surface area contributed by atoms with Gasteiger partial charge in [0.05, 0.1) is 12.0 Å². The lowest BCUT2D eigenvalue weighted by atomic mass is 9.92. The number of piperidine rings is 1. The lowest BCUT2D eigenvalue weighted by Crippen LogP contribution is -2.58. The van der Waals surface area contributed by atoms with Gasteiger partial charge in [-0.2, -0.15) is 0 Å². The number of ether oxygens (including phenoxy) is 1. The van der Waals surface area contributed by atoms with Crippen LogP contribution >= 0.6 is 32.9 Å². The second-order valence-corrected chi connectivity index (χ2v) is 19.4. The first kappa shape index (κ1) is 48.7. The second-order valence-electron chi connectivity index (χ2n) is 16.2. The smallest absolute Gasteiger partial charge is 0.306 e. The maximum atomic E-state index is 14.3. The van der Waals surface area contributed by atoms with E-state index in [1.165, 1.54) is 18.3 Å². The van der Waals surface area contributed by atoms with Crippen molar-refractivity contribution in [1.29, 1.82) is 0 Å². The summed E-state index contributed by atoms with van der Waals surface area (Å²) in [5.41, 5.74) is 2.20. The van der Waals surface area contributed by atoms with Crippen molar-refractivity contribution in [2.45, 2.75) is 128 Å². The first-order valence-electron chi connectivity index (χ1n) is 20.8. The average Bonchev–Trinajstić information content (AvgIpc) is 3.72. The summed E-state index contributed by atoms with van der Waals surface area (Å²) in [6, 6.07) is 12.0. The number of aliphatic carboxylic acids is 1. The van der Waals surface area contributed by atoms with E-state index < -0.39 is 48.0 Å². The standard InChI is InChI=1S/C44H62N6O7S3/c1-9-28(4)39(48-41(53)35-14-11-13-21-49(35)7)43(54)50(8)36(27(2)3)24-37(57-30(6)51)42-47-34(26-58-42)40(52)46-33(22-29(5)44(55)56)23-31-16-18-32(19-17-31)25-59-60-38-15-10-12-20-45-38/h10,12,15-20,26-29,33,35-37,39H,9,11,13-14,21-25H2,1-8H3,(H,46,52)(H,48,53)(H,55,56)/t28-,29-,33+,35+,36+,37+,39-/m0/s1. The van der Waals surface area contributed by atoms with Crippen LogP contribution in [0.5, 0.6) is 0 Å². The van der Waals surface area contributed by atoms with Gasteiger partial charge >= 0.3 is 11.9 Å². The number of hydrogen-bond donors (Lipinski definition) is 3. The first-order valence-corrected chi connectivity index (χ1v) is 24.0. The highest BCUT2D eigenvalue weighted by Crippen LogP contribution is 2.33. The number of carbonyl (C=O) groups is 5. The van der Waals surface area contributed by atoms with Crippen molar-refractivity contribution in [3.63, 3.8) is 0 Å². The largest absolute Gasteiger partial charge is 0.481 e. The number of benzene rings is 1. The van der Waals surface area contributed by atoms with Crippen LogP contribution in [-0.4, -0.2) is 99.3 Å². The highest BCUT2D eigenvalue weighted by Gasteiger charge is 2.37. The Labute approximate surface area is 367 Å². The molecule has 13 nitrogen and oxygen atoms in total. The van der Waals surface area contributed by atoms with Crippen LogP contribution in [0.25, 0.3) is 0 Å². The maximum Gasteiger partial charge on any atom is 0.306 e. The summed E-state index contributed by atoms with van der Waals surface area (Å²) < 4.78 is 5.81. The molecular weight excluding hydrogens is 821 g/mol. The van der Waals surface area contributed by atoms with Crippen LogP contribution in [0.4, 0.5) is 0 Å². The van der Waals surface area contributed by atoms with Gasteiger partial charge < -0.3 is 25.4 Å². The molecule has 0 unspecified atom stereocenters. The van der Waals surface area contributed by atoms with E-state index in [9.17, 15) is 29.1 Å². The number of likely N-dealkylation sites (N-methyl/N-ethyl adjacent to an activating group) is 2. The number of amides is 3. The minimum atomic E-state index is -0.954. The molecule has 16 heteroatoms. The monoisotopic (exact) mass is 882 g/mol. The zero-order valence-electron chi connectivity index (χ0n) is 36.1. The number of aromatic nitrogens is 2. The molecule has 0 radical (unpaired) electrons. The predicted octanol–water partition coefficient (Wildman–Crippen LogP) is 7.42. The number of hydrogen-bond acceptors (Lipinski definition) is 12. The molecule has 7 atom stereocenters. The van der Waals surface area contributed by atoms with Crippen molar-refractivity contribution in [1.82, 2.24) is 30.4 Å². The summed E-state index contributed by atoms with van der Waals surface area (Å²) in [7, 11) is 6.96. The van der Waals surface area contributed by atoms with Crippen LogP contribution in [0.15, 0.2) is 59.1 Å². The molecule has 3 aromatic rings. The van der Waals surface area contributed by atoms with Gasteiger partial charge in [-0.3, -0.25) is 28.9 Å². The van der Waals surface area contributed by atoms with Gasteiger partial charge in [0.2, 0.25) is 11.8 Å². The van der Waals surface area contributed by atoms with E-state index in [0.717, 1.165) is 47.7 Å². The van der Waals surface area contributed by atoms with Gasteiger partial charge in [-0.1, -0.05) is 88.6 Å². The van der Waals surface area contributed by atoms with Crippen molar-refractivity contribution in [3.8, 4) is 0 Å². The highest BCUT2D eigenvalue weighted by atomic mass is 33.1. The summed E-state index contributed by atoms with van der Waals surface area (Å²) >= 11 is 1.18. The maximum absolute atomic E-state index is 14.3. The van der Waals surface area contributed by atoms with E-state index in [1.807, 2.05) is 82.1 Å². The minimum Gasteiger partial charge on any atom is -0.481 e. The molecule has 60 heavy (non-hydrogen) atoms. The van der Waals surface area contributed by atoms with Crippen LogP contribution in [0.2, 0.25) is 0 Å². The van der Waals surface area contributed by atoms with E-state index in [1.54, 1.807) is 52.0 Å². The molecular formula is C44H62N6O7S3. The number of carboxylic acid groups (broad SMARTS) is 1. The Balaban J connectivity index is 1.46. The Bertz CT molecular complexity index is 1860. The number of carbonyl (C=O) groups excluding carboxylic acids is 4. The third kappa shape index (κ3) is 14.6. The van der Waals surface area contributed by atoms with Gasteiger partial charge in [0, 0.05) is 49.8 Å². The molecule has 2 aromatic heterocycles. The third-order valence-corrected chi connectivity index (χ3v) is 14.3. The zero-order chi connectivity index (χ0) is 43.9. The van der Waals surface area contributed by atoms with E-state index in [-0.39, 0.29) is 48.2 Å². The Hall–Kier alpha value is -3.99. The van der Waals surface area contributed by atoms with Crippen LogP contribution in [0.1, 0.15) is 113 Å². The Kier molecular flexibility index (Phi) is 19.4. The van der Waals surface area contributed by atoms with Crippen molar-refractivity contribution in [2.24, 2.45) is 17.8 Å². The van der Waals surface area contributed by atoms with Crippen molar-refractivity contribution in [3.05, 3.63) is 75.9 Å². The Morgan fingerprint density at radius 1 is 1.02 bits per heavy atom. The number of esters is 1. The molecule has 1 saturated heterocycles. The molecule has 0 spiro atoms. The highest BCUT2D eigenvalue weighted by molar-refractivity contribution is 8.76. The van der Waals surface area contributed by atoms with Gasteiger partial charge in [0.15, 0.2) is 6.10 Å². The number of rotatable bonds is 22. The van der Waals surface area contributed by atoms with Crippen LogP contribution in [-0.2, 0) is 36.1 Å². The van der Waals surface area contributed by atoms with E-state index >= 15 is 0 Å². The molecule has 0 aliphatic carbocycles. The number of thiazole rings is 1. The minimum absolute atomic E-state index is 0.0622. The molecule has 1 fully saturated rings. The number of nitrogens with zero attached hydrogens (tertiary/aromatic N) is 4. The fraction of sp³-hybridized carbons (Fsp3) is 0.568. The van der Waals surface area contributed by atoms with Crippen LogP contribution < -0.4 is 10.6 Å². The number of pyridine rings is 1. The summed E-state index contributed by atoms with van der Waals surface area (Å²) in [4.78, 5) is 78.5. The topological polar surface area (TPSA) is 171 Å². The molecule has 4 rings (SSSR count). The molecule has 0 saturated carbocycles. The molecule has 1 aromatic carbocycles. The van der Waals surface area contributed by atoms with Crippen molar-refractivity contribution < 1.29 is 33.8 Å². The lowest BCUT2D eigenvalue weighted by Gasteiger charge is -2.38.